The Kier molecular flexibility index (Phi) is 5.08. The minimum absolute atomic E-state index is 0.524. The van der Waals surface area contributed by atoms with Gasteiger partial charge in [-0.1, -0.05) is 24.3 Å². The smallest absolute Gasteiger partial charge is 0.168 e. The maximum atomic E-state index is 11.6. The number of rotatable bonds is 4. The van der Waals surface area contributed by atoms with Gasteiger partial charge in [0.05, 0.1) is 37.4 Å². The van der Waals surface area contributed by atoms with E-state index in [0.29, 0.717) is 44.6 Å². The molecule has 162 valence electrons. The van der Waals surface area contributed by atoms with E-state index in [1.807, 2.05) is 47.1 Å². The monoisotopic (exact) mass is 420 g/mol. The molecule has 2 aromatic carbocycles. The summed E-state index contributed by atoms with van der Waals surface area (Å²) in [6.45, 7) is 3.35. The van der Waals surface area contributed by atoms with E-state index < -0.39 is 11.4 Å². The second-order valence-corrected chi connectivity index (χ2v) is 8.48. The van der Waals surface area contributed by atoms with E-state index in [4.69, 9.17) is 19.3 Å². The lowest BCUT2D eigenvalue weighted by Crippen LogP contribution is -2.42. The van der Waals surface area contributed by atoms with Crippen LogP contribution in [0.2, 0.25) is 0 Å². The Balaban J connectivity index is 1.55. The zero-order chi connectivity index (χ0) is 21.5. The summed E-state index contributed by atoms with van der Waals surface area (Å²) in [5.41, 5.74) is 3.82. The summed E-state index contributed by atoms with van der Waals surface area (Å²) in [4.78, 5) is 0. The predicted octanol–water partition coefficient (Wildman–Crippen LogP) is 4.36. The van der Waals surface area contributed by atoms with E-state index >= 15 is 0 Å². The summed E-state index contributed by atoms with van der Waals surface area (Å²) in [6, 6.07) is 18.1. The van der Waals surface area contributed by atoms with Crippen LogP contribution in [0.25, 0.3) is 16.9 Å². The lowest BCUT2D eigenvalue weighted by Gasteiger charge is -2.39. The van der Waals surface area contributed by atoms with Gasteiger partial charge in [-0.2, -0.15) is 5.10 Å². The second kappa shape index (κ2) is 7.79. The Morgan fingerprint density at radius 1 is 0.968 bits per heavy atom. The van der Waals surface area contributed by atoms with E-state index in [0.717, 1.165) is 28.3 Å². The first-order chi connectivity index (χ1) is 15.0. The van der Waals surface area contributed by atoms with Crippen LogP contribution in [-0.2, 0) is 15.1 Å². The van der Waals surface area contributed by atoms with Crippen LogP contribution in [0.3, 0.4) is 0 Å². The summed E-state index contributed by atoms with van der Waals surface area (Å²) in [5.74, 6) is 0.269. The number of hydrogen-bond donors (Lipinski definition) is 1. The molecule has 0 amide bonds. The molecule has 1 saturated carbocycles. The Morgan fingerprint density at radius 2 is 1.65 bits per heavy atom. The molecule has 6 heteroatoms. The molecule has 6 nitrogen and oxygen atoms in total. The molecule has 2 aliphatic rings. The Morgan fingerprint density at radius 3 is 2.29 bits per heavy atom. The summed E-state index contributed by atoms with van der Waals surface area (Å²) in [6.07, 6.45) is 2.44. The van der Waals surface area contributed by atoms with Crippen LogP contribution in [0.4, 0.5) is 0 Å². The molecule has 0 radical (unpaired) electrons. The van der Waals surface area contributed by atoms with Gasteiger partial charge in [-0.05, 0) is 55.7 Å². The van der Waals surface area contributed by atoms with Crippen LogP contribution in [0.5, 0.6) is 5.75 Å². The molecule has 1 aliphatic carbocycles. The van der Waals surface area contributed by atoms with Crippen molar-refractivity contribution in [1.29, 1.82) is 0 Å². The van der Waals surface area contributed by atoms with Crippen LogP contribution in [0.15, 0.2) is 54.6 Å². The molecule has 0 bridgehead atoms. The first kappa shape index (κ1) is 20.2. The summed E-state index contributed by atoms with van der Waals surface area (Å²) < 4.78 is 18.9. The predicted molar refractivity (Wildman–Crippen MR) is 117 cm³/mol. The number of aromatic nitrogens is 2. The van der Waals surface area contributed by atoms with E-state index in [1.165, 1.54) is 0 Å². The average Bonchev–Trinajstić information content (AvgIpc) is 3.45. The maximum absolute atomic E-state index is 11.6. The minimum Gasteiger partial charge on any atom is -0.497 e. The lowest BCUT2D eigenvalue weighted by atomic mass is 9.79. The number of benzene rings is 2. The minimum atomic E-state index is -1.00. The number of hydrogen-bond acceptors (Lipinski definition) is 5. The van der Waals surface area contributed by atoms with E-state index in [-0.39, 0.29) is 0 Å². The molecule has 1 aromatic heterocycles. The van der Waals surface area contributed by atoms with Crippen molar-refractivity contribution in [2.24, 2.45) is 0 Å². The van der Waals surface area contributed by atoms with Gasteiger partial charge in [0, 0.05) is 18.4 Å². The van der Waals surface area contributed by atoms with Crippen molar-refractivity contribution in [3.8, 4) is 22.7 Å². The van der Waals surface area contributed by atoms with Crippen LogP contribution in [0, 0.1) is 6.92 Å². The fraction of sp³-hybridized carbons (Fsp3) is 0.400. The summed E-state index contributed by atoms with van der Waals surface area (Å²) in [5, 5.41) is 16.5. The zero-order valence-electron chi connectivity index (χ0n) is 18.0. The van der Waals surface area contributed by atoms with Crippen molar-refractivity contribution in [1.82, 2.24) is 9.78 Å². The quantitative estimate of drug-likeness (QED) is 0.679. The summed E-state index contributed by atoms with van der Waals surface area (Å²) >= 11 is 0. The number of methoxy groups -OCH3 is 1. The first-order valence-electron chi connectivity index (χ1n) is 10.8. The highest BCUT2D eigenvalue weighted by atomic mass is 16.7. The molecular formula is C25H28N2O4. The van der Waals surface area contributed by atoms with Gasteiger partial charge in [-0.25, -0.2) is 4.68 Å². The normalized spacial score (nSPS) is 19.6. The number of aryl methyl sites for hydroxylation is 1. The van der Waals surface area contributed by atoms with Crippen LogP contribution < -0.4 is 4.74 Å². The van der Waals surface area contributed by atoms with Gasteiger partial charge < -0.3 is 19.3 Å². The van der Waals surface area contributed by atoms with Crippen molar-refractivity contribution in [3.05, 3.63) is 65.9 Å². The molecule has 1 spiro atoms. The van der Waals surface area contributed by atoms with Crippen LogP contribution in [-0.4, -0.2) is 41.0 Å². The number of aliphatic hydroxyl groups is 1. The Labute approximate surface area is 182 Å². The third-order valence-electron chi connectivity index (χ3n) is 6.58. The molecular weight excluding hydrogens is 392 g/mol. The molecule has 31 heavy (non-hydrogen) atoms. The molecule has 1 saturated heterocycles. The van der Waals surface area contributed by atoms with E-state index in [2.05, 4.69) is 19.1 Å². The first-order valence-corrected chi connectivity index (χ1v) is 10.8. The Hall–Kier alpha value is -2.67. The third kappa shape index (κ3) is 3.65. The highest BCUT2D eigenvalue weighted by molar-refractivity contribution is 5.66. The largest absolute Gasteiger partial charge is 0.497 e. The van der Waals surface area contributed by atoms with Gasteiger partial charge in [-0.3, -0.25) is 0 Å². The van der Waals surface area contributed by atoms with E-state index in [1.54, 1.807) is 7.11 Å². The Bertz CT molecular complexity index is 1060. The van der Waals surface area contributed by atoms with Crippen molar-refractivity contribution in [2.45, 2.75) is 44.0 Å². The molecule has 2 heterocycles. The third-order valence-corrected chi connectivity index (χ3v) is 6.58. The molecule has 0 atom stereocenters. The fourth-order valence-electron chi connectivity index (χ4n) is 4.67. The van der Waals surface area contributed by atoms with Crippen LogP contribution >= 0.6 is 0 Å². The van der Waals surface area contributed by atoms with Crippen LogP contribution in [0.1, 0.15) is 36.9 Å². The van der Waals surface area contributed by atoms with Crippen molar-refractivity contribution >= 4 is 0 Å². The molecule has 2 fully saturated rings. The van der Waals surface area contributed by atoms with Gasteiger partial charge >= 0.3 is 0 Å². The van der Waals surface area contributed by atoms with Gasteiger partial charge in [0.25, 0.3) is 0 Å². The topological polar surface area (TPSA) is 65.7 Å². The standard InChI is InChI=1S/C25H28N2O4/c1-18-5-3-4-6-21(18)22-17-23(26-27(22)19-7-9-20(29-2)10-8-19)24(28)11-13-25(14-12-24)30-15-16-31-25/h3-10,17,28H,11-16H2,1-2H3. The van der Waals surface area contributed by atoms with Crippen molar-refractivity contribution in [2.75, 3.05) is 20.3 Å². The molecule has 1 N–H and O–H groups in total. The summed E-state index contributed by atoms with van der Waals surface area (Å²) in [7, 11) is 1.66. The van der Waals surface area contributed by atoms with Crippen molar-refractivity contribution in [3.63, 3.8) is 0 Å². The average molecular weight is 421 g/mol. The molecule has 1 aliphatic heterocycles. The molecule has 0 unspecified atom stereocenters. The zero-order valence-corrected chi connectivity index (χ0v) is 18.0. The SMILES string of the molecule is COc1ccc(-n2nc(C3(O)CCC4(CC3)OCCO4)cc2-c2ccccc2C)cc1. The van der Waals surface area contributed by atoms with E-state index in [9.17, 15) is 5.11 Å². The van der Waals surface area contributed by atoms with Gasteiger partial charge in [0.2, 0.25) is 0 Å². The number of nitrogens with zero attached hydrogens (tertiary/aromatic N) is 2. The fourth-order valence-corrected chi connectivity index (χ4v) is 4.67. The van der Waals surface area contributed by atoms with Crippen molar-refractivity contribution < 1.29 is 19.3 Å². The van der Waals surface area contributed by atoms with Gasteiger partial charge in [-0.15, -0.1) is 0 Å². The molecule has 5 rings (SSSR count). The highest BCUT2D eigenvalue weighted by Gasteiger charge is 2.47. The maximum Gasteiger partial charge on any atom is 0.168 e. The lowest BCUT2D eigenvalue weighted by molar-refractivity contribution is -0.204. The highest BCUT2D eigenvalue weighted by Crippen LogP contribution is 2.45. The van der Waals surface area contributed by atoms with Gasteiger partial charge in [0.15, 0.2) is 5.79 Å². The molecule has 3 aromatic rings. The number of ether oxygens (including phenoxy) is 3. The van der Waals surface area contributed by atoms with Gasteiger partial charge in [0.1, 0.15) is 11.4 Å². The second-order valence-electron chi connectivity index (χ2n) is 8.48.